The van der Waals surface area contributed by atoms with Crippen LogP contribution in [-0.2, 0) is 23.0 Å². The van der Waals surface area contributed by atoms with E-state index >= 15 is 0 Å². The first-order chi connectivity index (χ1) is 13.8. The normalized spacial score (nSPS) is 11.6. The maximum atomic E-state index is 11.3. The maximum Gasteiger partial charge on any atom is 1.00 e. The van der Waals surface area contributed by atoms with E-state index in [1.54, 1.807) is 6.07 Å². The van der Waals surface area contributed by atoms with E-state index in [2.05, 4.69) is 20.8 Å². The molecule has 0 saturated heterocycles. The first-order valence-electron chi connectivity index (χ1n) is 11.9. The molecule has 0 aliphatic carbocycles. The first-order valence-corrected chi connectivity index (χ1v) is 13.3. The summed E-state index contributed by atoms with van der Waals surface area (Å²) in [6.07, 6.45) is 19.2. The van der Waals surface area contributed by atoms with Gasteiger partial charge < -0.3 is 4.55 Å². The third kappa shape index (κ3) is 13.9. The molecule has 0 N–H and O–H groups in total. The van der Waals surface area contributed by atoms with Gasteiger partial charge in [0.15, 0.2) is 0 Å². The van der Waals surface area contributed by atoms with E-state index in [0.29, 0.717) is 5.92 Å². The van der Waals surface area contributed by atoms with Crippen molar-refractivity contribution in [2.75, 3.05) is 0 Å². The van der Waals surface area contributed by atoms with Crippen LogP contribution in [0.3, 0.4) is 0 Å². The summed E-state index contributed by atoms with van der Waals surface area (Å²) in [5, 5.41) is 0. The van der Waals surface area contributed by atoms with Gasteiger partial charge in [-0.1, -0.05) is 104 Å². The van der Waals surface area contributed by atoms with Crippen LogP contribution >= 0.6 is 0 Å². The molecule has 0 radical (unpaired) electrons. The Morgan fingerprint density at radius 1 is 0.767 bits per heavy atom. The van der Waals surface area contributed by atoms with Crippen LogP contribution in [0.2, 0.25) is 0 Å². The Bertz CT molecular complexity index is 656. The molecule has 0 spiro atoms. The Labute approximate surface area is 198 Å². The summed E-state index contributed by atoms with van der Waals surface area (Å²) < 4.78 is 33.9. The van der Waals surface area contributed by atoms with Gasteiger partial charge in [0.2, 0.25) is 0 Å². The van der Waals surface area contributed by atoms with Crippen molar-refractivity contribution in [2.45, 2.75) is 122 Å². The molecule has 0 aromatic heterocycles. The van der Waals surface area contributed by atoms with Gasteiger partial charge in [-0.15, -0.1) is 0 Å². The van der Waals surface area contributed by atoms with Crippen LogP contribution in [0.15, 0.2) is 23.1 Å². The van der Waals surface area contributed by atoms with Gasteiger partial charge in [0.05, 0.1) is 4.90 Å². The standard InChI is InChI=1S/C25H44O3S.Li/c1-4-5-6-7-8-9-10-11-12-13-14-15-16-17-23-18-19-25(29(26,27)28)21-24(23)20-22(2)3;/h18-19,21-22H,4-17,20H2,1-3H3,(H,26,27,28);/q;+1/p-1. The number of rotatable bonds is 17. The molecule has 0 aliphatic rings. The summed E-state index contributed by atoms with van der Waals surface area (Å²) in [5.74, 6) is 0.435. The number of aryl methyl sites for hydroxylation is 1. The van der Waals surface area contributed by atoms with Crippen molar-refractivity contribution in [1.29, 1.82) is 0 Å². The topological polar surface area (TPSA) is 57.2 Å². The summed E-state index contributed by atoms with van der Waals surface area (Å²) in [6, 6.07) is 4.92. The minimum atomic E-state index is -4.38. The molecule has 1 aromatic carbocycles. The molecule has 5 heteroatoms. The minimum Gasteiger partial charge on any atom is -0.744 e. The second-order valence-corrected chi connectivity index (χ2v) is 10.4. The number of hydrogen-bond donors (Lipinski definition) is 0. The Morgan fingerprint density at radius 3 is 1.67 bits per heavy atom. The SMILES string of the molecule is CCCCCCCCCCCCCCCc1ccc(S(=O)(=O)[O-])cc1CC(C)C.[Li+]. The van der Waals surface area contributed by atoms with Crippen LogP contribution in [0.1, 0.15) is 115 Å². The van der Waals surface area contributed by atoms with Crippen molar-refractivity contribution in [1.82, 2.24) is 0 Å². The van der Waals surface area contributed by atoms with Crippen LogP contribution in [0.5, 0.6) is 0 Å². The molecule has 0 unspecified atom stereocenters. The zero-order valence-electron chi connectivity index (χ0n) is 20.0. The molecule has 1 rings (SSSR count). The second-order valence-electron chi connectivity index (χ2n) is 8.98. The number of benzene rings is 1. The zero-order valence-corrected chi connectivity index (χ0v) is 20.9. The molecule has 0 amide bonds. The molecule has 0 heterocycles. The van der Waals surface area contributed by atoms with E-state index in [9.17, 15) is 13.0 Å². The zero-order chi connectivity index (χ0) is 21.5. The Hall–Kier alpha value is -0.273. The molecule has 0 aliphatic heterocycles. The van der Waals surface area contributed by atoms with Gasteiger partial charge in [-0.25, -0.2) is 8.42 Å². The molecular formula is C25H43LiO3S. The average molecular weight is 431 g/mol. The fraction of sp³-hybridized carbons (Fsp3) is 0.760. The Kier molecular flexibility index (Phi) is 17.1. The van der Waals surface area contributed by atoms with Gasteiger partial charge in [0, 0.05) is 0 Å². The molecule has 0 fully saturated rings. The van der Waals surface area contributed by atoms with Gasteiger partial charge >= 0.3 is 18.9 Å². The number of unbranched alkanes of at least 4 members (excludes halogenated alkanes) is 12. The quantitative estimate of drug-likeness (QED) is 0.209. The molecule has 0 bridgehead atoms. The van der Waals surface area contributed by atoms with Crippen LogP contribution in [0.4, 0.5) is 0 Å². The van der Waals surface area contributed by atoms with Crippen molar-refractivity contribution >= 4 is 10.1 Å². The fourth-order valence-electron chi connectivity index (χ4n) is 3.96. The van der Waals surface area contributed by atoms with E-state index in [1.165, 1.54) is 88.7 Å². The molecule has 1 aromatic rings. The van der Waals surface area contributed by atoms with Crippen LogP contribution in [-0.4, -0.2) is 13.0 Å². The van der Waals surface area contributed by atoms with E-state index in [1.807, 2.05) is 6.07 Å². The first kappa shape index (κ1) is 29.7. The van der Waals surface area contributed by atoms with E-state index in [-0.39, 0.29) is 23.8 Å². The van der Waals surface area contributed by atoms with E-state index < -0.39 is 10.1 Å². The molecule has 168 valence electrons. The van der Waals surface area contributed by atoms with Crippen molar-refractivity contribution in [3.05, 3.63) is 29.3 Å². The molecule has 0 saturated carbocycles. The summed E-state index contributed by atoms with van der Waals surface area (Å²) in [6.45, 7) is 6.50. The van der Waals surface area contributed by atoms with Crippen molar-refractivity contribution in [2.24, 2.45) is 5.92 Å². The smallest absolute Gasteiger partial charge is 0.744 e. The van der Waals surface area contributed by atoms with E-state index in [0.717, 1.165) is 24.8 Å². The van der Waals surface area contributed by atoms with Crippen LogP contribution in [0, 0.1) is 5.92 Å². The molecular weight excluding hydrogens is 387 g/mol. The summed E-state index contributed by atoms with van der Waals surface area (Å²) in [7, 11) is -4.38. The number of hydrogen-bond acceptors (Lipinski definition) is 3. The largest absolute Gasteiger partial charge is 1.00 e. The molecule has 0 atom stereocenters. The minimum absolute atomic E-state index is 0. The third-order valence-corrected chi connectivity index (χ3v) is 6.48. The van der Waals surface area contributed by atoms with Crippen LogP contribution < -0.4 is 18.9 Å². The van der Waals surface area contributed by atoms with E-state index in [4.69, 9.17) is 0 Å². The monoisotopic (exact) mass is 430 g/mol. The Balaban J connectivity index is 0.00000841. The van der Waals surface area contributed by atoms with Gasteiger partial charge in [-0.05, 0) is 48.4 Å². The fourth-order valence-corrected chi connectivity index (χ4v) is 4.49. The summed E-state index contributed by atoms with van der Waals surface area (Å²) in [5.41, 5.74) is 2.23. The van der Waals surface area contributed by atoms with Gasteiger partial charge in [0.1, 0.15) is 10.1 Å². The van der Waals surface area contributed by atoms with Gasteiger partial charge in [0.25, 0.3) is 0 Å². The molecule has 30 heavy (non-hydrogen) atoms. The third-order valence-electron chi connectivity index (χ3n) is 5.64. The van der Waals surface area contributed by atoms with Gasteiger partial charge in [-0.3, -0.25) is 0 Å². The average Bonchev–Trinajstić information content (AvgIpc) is 2.65. The van der Waals surface area contributed by atoms with Gasteiger partial charge in [-0.2, -0.15) is 0 Å². The predicted octanol–water partition coefficient (Wildman–Crippen LogP) is 4.43. The van der Waals surface area contributed by atoms with Crippen LogP contribution in [0.25, 0.3) is 0 Å². The van der Waals surface area contributed by atoms with Crippen molar-refractivity contribution < 1.29 is 31.8 Å². The second kappa shape index (κ2) is 17.3. The Morgan fingerprint density at radius 2 is 1.23 bits per heavy atom. The predicted molar refractivity (Wildman–Crippen MR) is 122 cm³/mol. The summed E-state index contributed by atoms with van der Waals surface area (Å²) in [4.78, 5) is -0.0951. The summed E-state index contributed by atoms with van der Waals surface area (Å²) >= 11 is 0. The van der Waals surface area contributed by atoms with Crippen molar-refractivity contribution in [3.8, 4) is 0 Å². The van der Waals surface area contributed by atoms with Crippen molar-refractivity contribution in [3.63, 3.8) is 0 Å². The molecule has 3 nitrogen and oxygen atoms in total. The maximum absolute atomic E-state index is 11.3.